The SMILES string of the molecule is CCCCCCCCCn1c(CCCNC(=O)c2ccccn2)nc2ccccc21. The van der Waals surface area contributed by atoms with Gasteiger partial charge in [0.1, 0.15) is 11.5 Å². The maximum Gasteiger partial charge on any atom is 0.269 e. The highest BCUT2D eigenvalue weighted by Crippen LogP contribution is 2.19. The van der Waals surface area contributed by atoms with Crippen molar-refractivity contribution in [2.75, 3.05) is 6.54 Å². The second-order valence-corrected chi connectivity index (χ2v) is 7.86. The number of imidazole rings is 1. The third-order valence-electron chi connectivity index (χ3n) is 5.48. The standard InChI is InChI=1S/C25H34N4O/c1-2-3-4-5-6-7-12-20-29-23-16-9-8-14-21(23)28-24(29)17-13-19-27-25(30)22-15-10-11-18-26-22/h8-11,14-16,18H,2-7,12-13,17,19-20H2,1H3,(H,27,30). The molecule has 0 bridgehead atoms. The Bertz CT molecular complexity index is 904. The van der Waals surface area contributed by atoms with Crippen LogP contribution in [0.15, 0.2) is 48.7 Å². The van der Waals surface area contributed by atoms with Crippen molar-refractivity contribution < 1.29 is 4.79 Å². The number of hydrogen-bond acceptors (Lipinski definition) is 3. The van der Waals surface area contributed by atoms with E-state index in [4.69, 9.17) is 4.98 Å². The molecule has 1 N–H and O–H groups in total. The molecular formula is C25H34N4O. The van der Waals surface area contributed by atoms with Gasteiger partial charge in [0.15, 0.2) is 0 Å². The summed E-state index contributed by atoms with van der Waals surface area (Å²) in [6, 6.07) is 13.8. The molecule has 0 aliphatic carbocycles. The summed E-state index contributed by atoms with van der Waals surface area (Å²) >= 11 is 0. The van der Waals surface area contributed by atoms with E-state index in [1.54, 1.807) is 12.3 Å². The van der Waals surface area contributed by atoms with E-state index in [2.05, 4.69) is 40.0 Å². The number of rotatable bonds is 13. The smallest absolute Gasteiger partial charge is 0.269 e. The van der Waals surface area contributed by atoms with Crippen molar-refractivity contribution in [1.29, 1.82) is 0 Å². The number of aryl methyl sites for hydroxylation is 2. The lowest BCUT2D eigenvalue weighted by Crippen LogP contribution is -2.25. The predicted octanol–water partition coefficient (Wildman–Crippen LogP) is 5.54. The van der Waals surface area contributed by atoms with Crippen LogP contribution in [0.25, 0.3) is 11.0 Å². The average Bonchev–Trinajstić information content (AvgIpc) is 3.14. The molecule has 3 aromatic rings. The highest BCUT2D eigenvalue weighted by Gasteiger charge is 2.11. The minimum Gasteiger partial charge on any atom is -0.351 e. The predicted molar refractivity (Wildman–Crippen MR) is 123 cm³/mol. The third kappa shape index (κ3) is 6.41. The molecule has 0 radical (unpaired) electrons. The lowest BCUT2D eigenvalue weighted by atomic mass is 10.1. The maximum atomic E-state index is 12.1. The molecular weight excluding hydrogens is 372 g/mol. The molecule has 0 saturated heterocycles. The number of nitrogens with one attached hydrogen (secondary N) is 1. The van der Waals surface area contributed by atoms with Gasteiger partial charge < -0.3 is 9.88 Å². The minimum atomic E-state index is -0.118. The summed E-state index contributed by atoms with van der Waals surface area (Å²) in [6.45, 7) is 3.90. The van der Waals surface area contributed by atoms with Gasteiger partial charge in [-0.05, 0) is 37.1 Å². The molecule has 1 aromatic carbocycles. The van der Waals surface area contributed by atoms with E-state index in [0.717, 1.165) is 30.7 Å². The second-order valence-electron chi connectivity index (χ2n) is 7.86. The van der Waals surface area contributed by atoms with Gasteiger partial charge in [-0.3, -0.25) is 9.78 Å². The van der Waals surface area contributed by atoms with E-state index in [9.17, 15) is 4.79 Å². The molecule has 0 aliphatic heterocycles. The Balaban J connectivity index is 1.50. The number of fused-ring (bicyclic) bond motifs is 1. The lowest BCUT2D eigenvalue weighted by Gasteiger charge is -2.10. The summed E-state index contributed by atoms with van der Waals surface area (Å²) < 4.78 is 2.38. The van der Waals surface area contributed by atoms with Crippen LogP contribution in [0, 0.1) is 0 Å². The van der Waals surface area contributed by atoms with Gasteiger partial charge in [0, 0.05) is 25.7 Å². The molecule has 5 heteroatoms. The zero-order chi connectivity index (χ0) is 21.0. The quantitative estimate of drug-likeness (QED) is 0.379. The fourth-order valence-electron chi connectivity index (χ4n) is 3.83. The molecule has 5 nitrogen and oxygen atoms in total. The Morgan fingerprint density at radius 2 is 1.70 bits per heavy atom. The van der Waals surface area contributed by atoms with Crippen molar-refractivity contribution in [3.05, 3.63) is 60.2 Å². The van der Waals surface area contributed by atoms with Crippen LogP contribution in [0.5, 0.6) is 0 Å². The first-order chi connectivity index (χ1) is 14.8. The van der Waals surface area contributed by atoms with Gasteiger partial charge in [0.2, 0.25) is 0 Å². The first-order valence-electron chi connectivity index (χ1n) is 11.4. The fourth-order valence-corrected chi connectivity index (χ4v) is 3.83. The van der Waals surface area contributed by atoms with E-state index in [1.807, 2.05) is 18.2 Å². The zero-order valence-corrected chi connectivity index (χ0v) is 18.1. The van der Waals surface area contributed by atoms with Crippen molar-refractivity contribution >= 4 is 16.9 Å². The van der Waals surface area contributed by atoms with Crippen LogP contribution in [-0.2, 0) is 13.0 Å². The van der Waals surface area contributed by atoms with Crippen LogP contribution in [0.2, 0.25) is 0 Å². The van der Waals surface area contributed by atoms with Crippen LogP contribution in [0.3, 0.4) is 0 Å². The number of aromatic nitrogens is 3. The van der Waals surface area contributed by atoms with Gasteiger partial charge in [-0.25, -0.2) is 4.98 Å². The lowest BCUT2D eigenvalue weighted by molar-refractivity contribution is 0.0948. The van der Waals surface area contributed by atoms with Crippen molar-refractivity contribution in [3.63, 3.8) is 0 Å². The molecule has 0 fully saturated rings. The van der Waals surface area contributed by atoms with E-state index in [1.165, 1.54) is 50.5 Å². The van der Waals surface area contributed by atoms with E-state index >= 15 is 0 Å². The molecule has 2 heterocycles. The monoisotopic (exact) mass is 406 g/mol. The van der Waals surface area contributed by atoms with Crippen molar-refractivity contribution in [3.8, 4) is 0 Å². The first-order valence-corrected chi connectivity index (χ1v) is 11.4. The summed E-state index contributed by atoms with van der Waals surface area (Å²) in [5, 5.41) is 2.96. The number of carbonyl (C=O) groups excluding carboxylic acids is 1. The number of unbranched alkanes of at least 4 members (excludes halogenated alkanes) is 6. The Labute approximate surface area is 179 Å². The van der Waals surface area contributed by atoms with Crippen LogP contribution >= 0.6 is 0 Å². The van der Waals surface area contributed by atoms with Gasteiger partial charge >= 0.3 is 0 Å². The molecule has 160 valence electrons. The zero-order valence-electron chi connectivity index (χ0n) is 18.1. The Morgan fingerprint density at radius 1 is 0.933 bits per heavy atom. The van der Waals surface area contributed by atoms with E-state index in [0.29, 0.717) is 12.2 Å². The molecule has 1 amide bonds. The molecule has 0 saturated carbocycles. The summed E-state index contributed by atoms with van der Waals surface area (Å²) in [5.74, 6) is 1.00. The molecule has 0 spiro atoms. The molecule has 30 heavy (non-hydrogen) atoms. The molecule has 0 unspecified atom stereocenters. The topological polar surface area (TPSA) is 59.8 Å². The van der Waals surface area contributed by atoms with E-state index < -0.39 is 0 Å². The van der Waals surface area contributed by atoms with Crippen molar-refractivity contribution in [1.82, 2.24) is 19.9 Å². The maximum absolute atomic E-state index is 12.1. The Kier molecular flexibility index (Phi) is 8.88. The van der Waals surface area contributed by atoms with Crippen LogP contribution in [0.4, 0.5) is 0 Å². The molecule has 0 aliphatic rings. The normalized spacial score (nSPS) is 11.1. The van der Waals surface area contributed by atoms with E-state index in [-0.39, 0.29) is 5.91 Å². The first kappa shape index (κ1) is 22.0. The van der Waals surface area contributed by atoms with Crippen molar-refractivity contribution in [2.24, 2.45) is 0 Å². The summed E-state index contributed by atoms with van der Waals surface area (Å²) in [5.41, 5.74) is 2.74. The molecule has 2 aromatic heterocycles. The summed E-state index contributed by atoms with van der Waals surface area (Å²) in [4.78, 5) is 21.1. The molecule has 3 rings (SSSR count). The fraction of sp³-hybridized carbons (Fsp3) is 0.480. The van der Waals surface area contributed by atoms with Crippen LogP contribution in [0.1, 0.15) is 74.6 Å². The van der Waals surface area contributed by atoms with Crippen LogP contribution in [-0.4, -0.2) is 27.0 Å². The second kappa shape index (κ2) is 12.1. The summed E-state index contributed by atoms with van der Waals surface area (Å²) in [6.07, 6.45) is 12.5. The van der Waals surface area contributed by atoms with Crippen molar-refractivity contribution in [2.45, 2.75) is 71.3 Å². The van der Waals surface area contributed by atoms with Gasteiger partial charge in [0.25, 0.3) is 5.91 Å². The Hall–Kier alpha value is -2.69. The minimum absolute atomic E-state index is 0.118. The highest BCUT2D eigenvalue weighted by molar-refractivity contribution is 5.92. The Morgan fingerprint density at radius 3 is 2.50 bits per heavy atom. The number of para-hydroxylation sites is 2. The largest absolute Gasteiger partial charge is 0.351 e. The number of carbonyl (C=O) groups is 1. The average molecular weight is 407 g/mol. The number of pyridine rings is 1. The summed E-state index contributed by atoms with van der Waals surface area (Å²) in [7, 11) is 0. The number of amides is 1. The third-order valence-corrected chi connectivity index (χ3v) is 5.48. The number of hydrogen-bond donors (Lipinski definition) is 1. The number of nitrogens with zero attached hydrogens (tertiary/aromatic N) is 3. The van der Waals surface area contributed by atoms with Gasteiger partial charge in [-0.1, -0.05) is 63.6 Å². The number of benzene rings is 1. The van der Waals surface area contributed by atoms with Crippen LogP contribution < -0.4 is 5.32 Å². The van der Waals surface area contributed by atoms with Gasteiger partial charge in [0.05, 0.1) is 11.0 Å². The van der Waals surface area contributed by atoms with Gasteiger partial charge in [-0.15, -0.1) is 0 Å². The molecule has 0 atom stereocenters. The highest BCUT2D eigenvalue weighted by atomic mass is 16.1. The van der Waals surface area contributed by atoms with Gasteiger partial charge in [-0.2, -0.15) is 0 Å².